The lowest BCUT2D eigenvalue weighted by atomic mass is 9.51. The molecule has 8 atom stereocenters. The minimum Gasteiger partial charge on any atom is -0.382 e. The average molecular weight is 393 g/mol. The van der Waals surface area contributed by atoms with Gasteiger partial charge in [0.05, 0.1) is 22.5 Å². The maximum absolute atomic E-state index is 11.0. The summed E-state index contributed by atoms with van der Waals surface area (Å²) in [6.07, 6.45) is 4.83. The highest BCUT2D eigenvalue weighted by Gasteiger charge is 2.66. The van der Waals surface area contributed by atoms with Crippen LogP contribution in [0, 0.1) is 30.9 Å². The molecule has 3 aliphatic rings. The Morgan fingerprint density at radius 3 is 2.15 bits per heavy atom. The van der Waals surface area contributed by atoms with Crippen molar-refractivity contribution in [3.8, 4) is 0 Å². The van der Waals surface area contributed by atoms with Crippen LogP contribution in [0.3, 0.4) is 0 Å². The highest BCUT2D eigenvalue weighted by Crippen LogP contribution is 2.58. The van der Waals surface area contributed by atoms with Crippen LogP contribution in [0.1, 0.15) is 73.1 Å². The first-order valence-corrected chi connectivity index (χ1v) is 10.7. The van der Waals surface area contributed by atoms with E-state index >= 15 is 0 Å². The Balaban J connectivity index is 2.03. The molecule has 2 saturated carbocycles. The van der Waals surface area contributed by atoms with Crippen LogP contribution < -0.4 is 0 Å². The highest BCUT2D eigenvalue weighted by atomic mass is 35.5. The fraction of sp³-hybridized carbons (Fsp3) is 0.909. The molecule has 5 heteroatoms. The fourth-order valence-electron chi connectivity index (χ4n) is 6.29. The molecule has 150 valence electrons. The number of fused-ring (bicyclic) bond motifs is 1. The molecule has 0 aromatic carbocycles. The van der Waals surface area contributed by atoms with Crippen molar-refractivity contribution in [1.82, 2.24) is 0 Å². The van der Waals surface area contributed by atoms with Crippen LogP contribution in [-0.4, -0.2) is 38.9 Å². The van der Waals surface area contributed by atoms with Crippen molar-refractivity contribution >= 4 is 11.6 Å². The van der Waals surface area contributed by atoms with E-state index in [1.165, 1.54) is 0 Å². The second-order valence-electron chi connectivity index (χ2n) is 10.3. The molecule has 3 fully saturated rings. The van der Waals surface area contributed by atoms with Gasteiger partial charge < -0.3 is 19.5 Å². The first-order chi connectivity index (χ1) is 12.4. The third kappa shape index (κ3) is 3.29. The summed E-state index contributed by atoms with van der Waals surface area (Å²) in [6.45, 7) is 25.8. The van der Waals surface area contributed by atoms with Gasteiger partial charge in [-0.15, -0.1) is 11.6 Å². The fourth-order valence-corrected chi connectivity index (χ4v) is 6.44. The van der Waals surface area contributed by atoms with Gasteiger partial charge in [-0.1, -0.05) is 0 Å². The standard InChI is InChI=1S/C22H33ClN2O2/c1-19(2)16(23)10-13-22(5,27-19)15-8-11-20(3,25-7)14-9-12-21(4,26)18(24-6)17(14)15/h14-18,26H,8-13H2,1-5H3/t14-,15-,16+,17+,18+,20-,21+,22+/m0/s1. The molecule has 4 nitrogen and oxygen atoms in total. The van der Waals surface area contributed by atoms with Gasteiger partial charge in [0.2, 0.25) is 5.54 Å². The van der Waals surface area contributed by atoms with E-state index in [4.69, 9.17) is 29.5 Å². The predicted molar refractivity (Wildman–Crippen MR) is 107 cm³/mol. The molecule has 27 heavy (non-hydrogen) atoms. The van der Waals surface area contributed by atoms with E-state index in [9.17, 15) is 5.11 Å². The minimum atomic E-state index is -1.00. The number of alkyl halides is 1. The summed E-state index contributed by atoms with van der Waals surface area (Å²) >= 11 is 6.53. The number of rotatable bonds is 1. The summed E-state index contributed by atoms with van der Waals surface area (Å²) < 4.78 is 6.63. The smallest absolute Gasteiger partial charge is 0.255 e. The van der Waals surface area contributed by atoms with Gasteiger partial charge in [-0.05, 0) is 65.7 Å². The molecule has 0 bridgehead atoms. The van der Waals surface area contributed by atoms with Crippen molar-refractivity contribution in [2.75, 3.05) is 0 Å². The van der Waals surface area contributed by atoms with Crippen LogP contribution in [0.2, 0.25) is 0 Å². The molecule has 0 unspecified atom stereocenters. The van der Waals surface area contributed by atoms with Gasteiger partial charge in [-0.25, -0.2) is 13.1 Å². The number of halogens is 1. The molecule has 2 aliphatic carbocycles. The normalized spacial score (nSPS) is 52.3. The zero-order valence-electron chi connectivity index (χ0n) is 17.3. The van der Waals surface area contributed by atoms with Crippen LogP contribution in [0.25, 0.3) is 9.69 Å². The van der Waals surface area contributed by atoms with Gasteiger partial charge in [0.25, 0.3) is 6.04 Å². The van der Waals surface area contributed by atoms with E-state index in [1.807, 2.05) is 0 Å². The van der Waals surface area contributed by atoms with Gasteiger partial charge >= 0.3 is 0 Å². The second-order valence-corrected chi connectivity index (χ2v) is 10.8. The SMILES string of the molecule is [C-]#[N+][C@@H]1[C@H]2[C@@H]([C@@]3(C)CC[C@@H](Cl)C(C)(C)O3)CC[C@](C)([N+]#[C-])[C@H]2CC[C@@]1(C)O. The van der Waals surface area contributed by atoms with Gasteiger partial charge in [0.1, 0.15) is 5.60 Å². The lowest BCUT2D eigenvalue weighted by molar-refractivity contribution is -0.217. The van der Waals surface area contributed by atoms with Crippen molar-refractivity contribution in [2.45, 2.75) is 107 Å². The Morgan fingerprint density at radius 2 is 1.59 bits per heavy atom. The number of ether oxygens (including phenoxy) is 1. The van der Waals surface area contributed by atoms with Crippen LogP contribution in [-0.2, 0) is 4.74 Å². The number of hydrogen-bond acceptors (Lipinski definition) is 2. The molecule has 1 saturated heterocycles. The molecular formula is C22H33ClN2O2. The maximum atomic E-state index is 11.0. The molecular weight excluding hydrogens is 360 g/mol. The van der Waals surface area contributed by atoms with E-state index in [0.29, 0.717) is 6.42 Å². The highest BCUT2D eigenvalue weighted by molar-refractivity contribution is 6.21. The molecule has 0 aromatic rings. The van der Waals surface area contributed by atoms with E-state index < -0.39 is 22.8 Å². The molecule has 0 aromatic heterocycles. The summed E-state index contributed by atoms with van der Waals surface area (Å²) in [7, 11) is 0. The van der Waals surface area contributed by atoms with Crippen molar-refractivity contribution in [3.05, 3.63) is 22.8 Å². The Hall–Kier alpha value is -0.810. The third-order valence-electron chi connectivity index (χ3n) is 7.98. The molecule has 0 radical (unpaired) electrons. The van der Waals surface area contributed by atoms with E-state index in [1.54, 1.807) is 6.92 Å². The van der Waals surface area contributed by atoms with Crippen molar-refractivity contribution in [1.29, 1.82) is 0 Å². The quantitative estimate of drug-likeness (QED) is 0.498. The number of hydrogen-bond donors (Lipinski definition) is 1. The minimum absolute atomic E-state index is 0.0215. The number of nitrogens with zero attached hydrogens (tertiary/aromatic N) is 2. The largest absolute Gasteiger partial charge is 0.382 e. The molecule has 1 aliphatic heterocycles. The summed E-state index contributed by atoms with van der Waals surface area (Å²) in [5, 5.41) is 11.0. The zero-order valence-corrected chi connectivity index (χ0v) is 18.0. The van der Waals surface area contributed by atoms with Crippen LogP contribution in [0.15, 0.2) is 0 Å². The van der Waals surface area contributed by atoms with Crippen LogP contribution >= 0.6 is 11.6 Å². The Morgan fingerprint density at radius 1 is 0.963 bits per heavy atom. The predicted octanol–water partition coefficient (Wildman–Crippen LogP) is 5.09. The third-order valence-corrected chi connectivity index (χ3v) is 8.72. The Labute approximate surface area is 169 Å². The first kappa shape index (κ1) is 20.9. The van der Waals surface area contributed by atoms with E-state index in [2.05, 4.69) is 37.4 Å². The topological polar surface area (TPSA) is 38.2 Å². The molecule has 3 rings (SSSR count). The average Bonchev–Trinajstić information content (AvgIpc) is 2.57. The van der Waals surface area contributed by atoms with E-state index in [-0.39, 0.29) is 28.7 Å². The molecule has 1 N–H and O–H groups in total. The Bertz CT molecular complexity index is 679. The van der Waals surface area contributed by atoms with E-state index in [0.717, 1.165) is 32.1 Å². The van der Waals surface area contributed by atoms with Gasteiger partial charge in [-0.2, -0.15) is 0 Å². The summed E-state index contributed by atoms with van der Waals surface area (Å²) in [4.78, 5) is 7.95. The molecule has 0 amide bonds. The lowest BCUT2D eigenvalue weighted by Crippen LogP contribution is -2.64. The summed E-state index contributed by atoms with van der Waals surface area (Å²) in [6, 6.07) is -0.486. The lowest BCUT2D eigenvalue weighted by Gasteiger charge is -2.57. The summed E-state index contributed by atoms with van der Waals surface area (Å²) in [5.74, 6) is 0.267. The van der Waals surface area contributed by atoms with Crippen molar-refractivity contribution in [2.24, 2.45) is 17.8 Å². The van der Waals surface area contributed by atoms with Crippen molar-refractivity contribution in [3.63, 3.8) is 0 Å². The van der Waals surface area contributed by atoms with Gasteiger partial charge in [-0.3, -0.25) is 0 Å². The molecule has 1 heterocycles. The second kappa shape index (κ2) is 6.62. The maximum Gasteiger partial charge on any atom is 0.255 e. The van der Waals surface area contributed by atoms with Gasteiger partial charge in [0, 0.05) is 19.3 Å². The van der Waals surface area contributed by atoms with Crippen molar-refractivity contribution < 1.29 is 9.84 Å². The van der Waals surface area contributed by atoms with Crippen LogP contribution in [0.5, 0.6) is 0 Å². The molecule has 0 spiro atoms. The number of aliphatic hydroxyl groups is 1. The van der Waals surface area contributed by atoms with Gasteiger partial charge in [0.15, 0.2) is 0 Å². The monoisotopic (exact) mass is 392 g/mol. The zero-order chi connectivity index (χ0) is 20.3. The Kier molecular flexibility index (Phi) is 5.13. The summed E-state index contributed by atoms with van der Waals surface area (Å²) in [5.41, 5.74) is -2.25. The first-order valence-electron chi connectivity index (χ1n) is 10.2. The van der Waals surface area contributed by atoms with Crippen LogP contribution in [0.4, 0.5) is 0 Å².